The number of hydrogen-bond acceptors (Lipinski definition) is 6. The number of carbonyl (C=O) groups excluding carboxylic acids is 1. The standard InChI is InChI=1S/C21H23N7O3/c29-21(22-11-15-2-1-7-31-15)26-18-12-23-27-19(18)20-24-16-4-3-14(10-17(16)25-20)13-28-5-8-30-9-6-28/h1-4,7,10,12H,5-6,8-9,11,13H2,(H,23,27)(H,24,25)(H2,22,26,29). The summed E-state index contributed by atoms with van der Waals surface area (Å²) >= 11 is 0. The lowest BCUT2D eigenvalue weighted by Crippen LogP contribution is -2.35. The maximum Gasteiger partial charge on any atom is 0.319 e. The minimum Gasteiger partial charge on any atom is -0.467 e. The first-order chi connectivity index (χ1) is 15.2. The third-order valence-electron chi connectivity index (χ3n) is 5.17. The molecule has 0 unspecified atom stereocenters. The quantitative estimate of drug-likeness (QED) is 0.379. The molecule has 1 aliphatic heterocycles. The number of fused-ring (bicyclic) bond motifs is 1. The maximum absolute atomic E-state index is 12.2. The molecular weight excluding hydrogens is 398 g/mol. The average molecular weight is 421 g/mol. The Morgan fingerprint density at radius 3 is 2.97 bits per heavy atom. The number of urea groups is 1. The molecule has 3 aromatic heterocycles. The van der Waals surface area contributed by atoms with Crippen LogP contribution < -0.4 is 10.6 Å². The van der Waals surface area contributed by atoms with E-state index in [0.29, 0.717) is 29.5 Å². The normalized spacial score (nSPS) is 14.7. The van der Waals surface area contributed by atoms with Crippen LogP contribution in [-0.2, 0) is 17.8 Å². The van der Waals surface area contributed by atoms with Crippen molar-refractivity contribution in [1.82, 2.24) is 30.4 Å². The van der Waals surface area contributed by atoms with Gasteiger partial charge in [0.1, 0.15) is 5.76 Å². The number of nitrogens with zero attached hydrogens (tertiary/aromatic N) is 3. The summed E-state index contributed by atoms with van der Waals surface area (Å²) in [6, 6.07) is 9.43. The fourth-order valence-corrected chi connectivity index (χ4v) is 3.59. The van der Waals surface area contributed by atoms with Crippen molar-refractivity contribution in [3.63, 3.8) is 0 Å². The zero-order chi connectivity index (χ0) is 21.0. The summed E-state index contributed by atoms with van der Waals surface area (Å²) in [5.41, 5.74) is 4.04. The first-order valence-corrected chi connectivity index (χ1v) is 10.1. The topological polar surface area (TPSA) is 124 Å². The second-order valence-electron chi connectivity index (χ2n) is 7.36. The molecule has 0 spiro atoms. The number of rotatable bonds is 6. The van der Waals surface area contributed by atoms with Gasteiger partial charge in [0.15, 0.2) is 11.5 Å². The van der Waals surface area contributed by atoms with Crippen molar-refractivity contribution in [2.45, 2.75) is 13.1 Å². The molecule has 0 saturated carbocycles. The summed E-state index contributed by atoms with van der Waals surface area (Å²) in [5, 5.41) is 12.6. The summed E-state index contributed by atoms with van der Waals surface area (Å²) < 4.78 is 10.6. The van der Waals surface area contributed by atoms with Crippen LogP contribution in [-0.4, -0.2) is 57.4 Å². The number of imidazole rings is 1. The van der Waals surface area contributed by atoms with Crippen molar-refractivity contribution in [2.24, 2.45) is 0 Å². The van der Waals surface area contributed by atoms with Crippen LogP contribution >= 0.6 is 0 Å². The van der Waals surface area contributed by atoms with E-state index in [9.17, 15) is 4.79 Å². The van der Waals surface area contributed by atoms with Crippen LogP contribution in [0.5, 0.6) is 0 Å². The van der Waals surface area contributed by atoms with Crippen LogP contribution in [0.4, 0.5) is 10.5 Å². The Morgan fingerprint density at radius 1 is 1.23 bits per heavy atom. The van der Waals surface area contributed by atoms with Gasteiger partial charge in [-0.2, -0.15) is 5.10 Å². The van der Waals surface area contributed by atoms with E-state index in [1.54, 1.807) is 24.6 Å². The van der Waals surface area contributed by atoms with Gasteiger partial charge in [-0.05, 0) is 29.8 Å². The monoisotopic (exact) mass is 421 g/mol. The second-order valence-corrected chi connectivity index (χ2v) is 7.36. The highest BCUT2D eigenvalue weighted by atomic mass is 16.5. The number of benzene rings is 1. The van der Waals surface area contributed by atoms with Crippen molar-refractivity contribution in [1.29, 1.82) is 0 Å². The number of hydrogen-bond donors (Lipinski definition) is 4. The number of furan rings is 1. The van der Waals surface area contributed by atoms with E-state index >= 15 is 0 Å². The zero-order valence-corrected chi connectivity index (χ0v) is 16.9. The Hall–Kier alpha value is -3.63. The predicted molar refractivity (Wildman–Crippen MR) is 114 cm³/mol. The maximum atomic E-state index is 12.2. The largest absolute Gasteiger partial charge is 0.467 e. The van der Waals surface area contributed by atoms with Crippen LogP contribution in [0.3, 0.4) is 0 Å². The van der Waals surface area contributed by atoms with Gasteiger partial charge in [-0.3, -0.25) is 10.00 Å². The number of anilines is 1. The lowest BCUT2D eigenvalue weighted by atomic mass is 10.2. The number of aromatic nitrogens is 4. The first kappa shape index (κ1) is 19.3. The van der Waals surface area contributed by atoms with E-state index in [4.69, 9.17) is 14.1 Å². The van der Waals surface area contributed by atoms with Crippen LogP contribution in [0, 0.1) is 0 Å². The van der Waals surface area contributed by atoms with Crippen molar-refractivity contribution in [3.05, 3.63) is 54.1 Å². The number of aromatic amines is 2. The molecule has 0 bridgehead atoms. The molecule has 1 aliphatic rings. The van der Waals surface area contributed by atoms with Gasteiger partial charge in [0.25, 0.3) is 0 Å². The van der Waals surface area contributed by atoms with Crippen molar-refractivity contribution in [3.8, 4) is 11.5 Å². The first-order valence-electron chi connectivity index (χ1n) is 10.1. The van der Waals surface area contributed by atoms with Gasteiger partial charge in [0.2, 0.25) is 0 Å². The number of nitrogens with one attached hydrogen (secondary N) is 4. The number of amides is 2. The molecule has 0 aliphatic carbocycles. The molecule has 4 N–H and O–H groups in total. The molecule has 5 rings (SSSR count). The highest BCUT2D eigenvalue weighted by Gasteiger charge is 2.16. The van der Waals surface area contributed by atoms with Crippen LogP contribution in [0.1, 0.15) is 11.3 Å². The average Bonchev–Trinajstić information content (AvgIpc) is 3.53. The second kappa shape index (κ2) is 8.62. The van der Waals surface area contributed by atoms with Gasteiger partial charge < -0.3 is 24.8 Å². The summed E-state index contributed by atoms with van der Waals surface area (Å²) in [7, 11) is 0. The van der Waals surface area contributed by atoms with E-state index in [1.165, 1.54) is 5.56 Å². The van der Waals surface area contributed by atoms with Crippen molar-refractivity contribution >= 4 is 22.8 Å². The van der Waals surface area contributed by atoms with Gasteiger partial charge in [-0.15, -0.1) is 0 Å². The minimum atomic E-state index is -0.358. The van der Waals surface area contributed by atoms with Crippen molar-refractivity contribution in [2.75, 3.05) is 31.6 Å². The molecule has 0 atom stereocenters. The van der Waals surface area contributed by atoms with Crippen LogP contribution in [0.25, 0.3) is 22.6 Å². The SMILES string of the molecule is O=C(NCc1ccco1)Nc1c[nH]nc1-c1nc2cc(CN3CCOCC3)ccc2[nH]1. The summed E-state index contributed by atoms with van der Waals surface area (Å²) in [4.78, 5) is 22.6. The minimum absolute atomic E-state index is 0.294. The smallest absolute Gasteiger partial charge is 0.319 e. The lowest BCUT2D eigenvalue weighted by Gasteiger charge is -2.26. The molecule has 31 heavy (non-hydrogen) atoms. The van der Waals surface area contributed by atoms with Crippen LogP contribution in [0.2, 0.25) is 0 Å². The number of carbonyl (C=O) groups is 1. The van der Waals surface area contributed by atoms with E-state index in [0.717, 1.165) is 43.9 Å². The van der Waals surface area contributed by atoms with Gasteiger partial charge in [-0.1, -0.05) is 6.07 Å². The fraction of sp³-hybridized carbons (Fsp3) is 0.286. The molecule has 0 radical (unpaired) electrons. The van der Waals surface area contributed by atoms with Gasteiger partial charge in [0, 0.05) is 25.8 Å². The molecule has 160 valence electrons. The molecule has 1 fully saturated rings. The summed E-state index contributed by atoms with van der Waals surface area (Å²) in [5.74, 6) is 1.26. The Labute approximate surface area is 178 Å². The molecule has 1 saturated heterocycles. The van der Waals surface area contributed by atoms with Gasteiger partial charge >= 0.3 is 6.03 Å². The van der Waals surface area contributed by atoms with Gasteiger partial charge in [-0.25, -0.2) is 9.78 Å². The Morgan fingerprint density at radius 2 is 2.13 bits per heavy atom. The van der Waals surface area contributed by atoms with E-state index < -0.39 is 0 Å². The molecular formula is C21H23N7O3. The molecule has 2 amide bonds. The third-order valence-corrected chi connectivity index (χ3v) is 5.17. The Bertz CT molecular complexity index is 1160. The Balaban J connectivity index is 1.29. The molecule has 10 heteroatoms. The summed E-state index contributed by atoms with van der Waals surface area (Å²) in [6.07, 6.45) is 3.19. The highest BCUT2D eigenvalue weighted by molar-refractivity contribution is 5.93. The van der Waals surface area contributed by atoms with E-state index in [-0.39, 0.29) is 6.03 Å². The fourth-order valence-electron chi connectivity index (χ4n) is 3.59. The zero-order valence-electron chi connectivity index (χ0n) is 16.9. The number of H-pyrrole nitrogens is 2. The number of morpholine rings is 1. The third kappa shape index (κ3) is 4.44. The lowest BCUT2D eigenvalue weighted by molar-refractivity contribution is 0.0342. The van der Waals surface area contributed by atoms with E-state index in [2.05, 4.69) is 42.8 Å². The predicted octanol–water partition coefficient (Wildman–Crippen LogP) is 2.70. The Kier molecular flexibility index (Phi) is 5.38. The summed E-state index contributed by atoms with van der Waals surface area (Å²) in [6.45, 7) is 4.59. The van der Waals surface area contributed by atoms with E-state index in [1.807, 2.05) is 6.07 Å². The van der Waals surface area contributed by atoms with Crippen LogP contribution in [0.15, 0.2) is 47.2 Å². The molecule has 10 nitrogen and oxygen atoms in total. The molecule has 1 aromatic carbocycles. The number of ether oxygens (including phenoxy) is 1. The molecule has 4 aromatic rings. The van der Waals surface area contributed by atoms with Gasteiger partial charge in [0.05, 0.1) is 42.7 Å². The highest BCUT2D eigenvalue weighted by Crippen LogP contribution is 2.26. The molecule has 4 heterocycles. The van der Waals surface area contributed by atoms with Crippen molar-refractivity contribution < 1.29 is 13.9 Å².